The molecule has 1 aliphatic rings. The van der Waals surface area contributed by atoms with Gasteiger partial charge in [0.05, 0.1) is 15.2 Å². The van der Waals surface area contributed by atoms with Crippen LogP contribution in [0.1, 0.15) is 30.5 Å². The van der Waals surface area contributed by atoms with Crippen LogP contribution in [0.4, 0.5) is 0 Å². The van der Waals surface area contributed by atoms with E-state index in [0.717, 1.165) is 46.9 Å². The number of aromatic nitrogens is 1. The molecular weight excluding hydrogens is 595 g/mol. The molecular formula is C34H37N3O5S2. The van der Waals surface area contributed by atoms with Gasteiger partial charge in [0.25, 0.3) is 5.91 Å². The number of pyridine rings is 1. The molecule has 1 aromatic heterocycles. The van der Waals surface area contributed by atoms with Crippen LogP contribution >= 0.6 is 0 Å². The predicted molar refractivity (Wildman–Crippen MR) is 177 cm³/mol. The number of fused-ring (bicyclic) bond motifs is 1. The summed E-state index contributed by atoms with van der Waals surface area (Å²) in [5, 5.41) is 0.828. The summed E-state index contributed by atoms with van der Waals surface area (Å²) in [7, 11) is -4.79. The summed E-state index contributed by atoms with van der Waals surface area (Å²) in [6, 6.07) is 21.6. The van der Waals surface area contributed by atoms with E-state index in [9.17, 15) is 21.6 Å². The first-order valence-corrected chi connectivity index (χ1v) is 18.1. The van der Waals surface area contributed by atoms with Gasteiger partial charge >= 0.3 is 0 Å². The van der Waals surface area contributed by atoms with Crippen LogP contribution < -0.4 is 0 Å². The van der Waals surface area contributed by atoms with Crippen molar-refractivity contribution in [1.29, 1.82) is 0 Å². The zero-order valence-corrected chi connectivity index (χ0v) is 27.2. The van der Waals surface area contributed by atoms with Gasteiger partial charge in [0.1, 0.15) is 0 Å². The Balaban J connectivity index is 1.64. The summed E-state index contributed by atoms with van der Waals surface area (Å²) >= 11 is 0. The van der Waals surface area contributed by atoms with E-state index >= 15 is 0 Å². The van der Waals surface area contributed by atoms with Gasteiger partial charge in [-0.1, -0.05) is 36.4 Å². The Hall–Kier alpha value is -3.86. The maximum absolute atomic E-state index is 13.9. The molecule has 0 unspecified atom stereocenters. The van der Waals surface area contributed by atoms with Crippen LogP contribution in [0.15, 0.2) is 83.9 Å². The van der Waals surface area contributed by atoms with Crippen LogP contribution in [0.3, 0.4) is 0 Å². The summed E-state index contributed by atoms with van der Waals surface area (Å²) < 4.78 is 48.5. The first kappa shape index (κ1) is 31.6. The van der Waals surface area contributed by atoms with Crippen LogP contribution in [0.25, 0.3) is 33.7 Å². The number of sulfone groups is 2. The monoisotopic (exact) mass is 631 g/mol. The Morgan fingerprint density at radius 1 is 0.864 bits per heavy atom. The highest BCUT2D eigenvalue weighted by Crippen LogP contribution is 2.37. The van der Waals surface area contributed by atoms with Crippen molar-refractivity contribution < 1.29 is 21.6 Å². The number of nitrogens with zero attached hydrogens (tertiary/aromatic N) is 3. The second-order valence-corrected chi connectivity index (χ2v) is 16.5. The van der Waals surface area contributed by atoms with Gasteiger partial charge in [0.15, 0.2) is 19.7 Å². The predicted octanol–water partition coefficient (Wildman–Crippen LogP) is 4.90. The van der Waals surface area contributed by atoms with E-state index in [-0.39, 0.29) is 10.8 Å². The van der Waals surface area contributed by atoms with Gasteiger partial charge in [-0.2, -0.15) is 0 Å². The summed E-state index contributed by atoms with van der Waals surface area (Å²) in [6.45, 7) is 6.12. The Morgan fingerprint density at radius 3 is 2.18 bits per heavy atom. The lowest BCUT2D eigenvalue weighted by atomic mass is 9.92. The molecule has 0 N–H and O–H groups in total. The first-order chi connectivity index (χ1) is 20.6. The van der Waals surface area contributed by atoms with Gasteiger partial charge in [0, 0.05) is 61.4 Å². The molecule has 0 bridgehead atoms. The van der Waals surface area contributed by atoms with Gasteiger partial charge in [-0.15, -0.1) is 0 Å². The molecule has 0 spiro atoms. The highest BCUT2D eigenvalue weighted by Gasteiger charge is 2.33. The number of rotatable bonds is 7. The molecule has 0 aliphatic carbocycles. The van der Waals surface area contributed by atoms with E-state index < -0.39 is 24.4 Å². The summed E-state index contributed by atoms with van der Waals surface area (Å²) in [5.74, 6) is -0.125. The fraction of sp³-hybridized carbons (Fsp3) is 0.294. The largest absolute Gasteiger partial charge is 0.336 e. The van der Waals surface area contributed by atoms with Crippen LogP contribution in [0, 0.1) is 0 Å². The van der Waals surface area contributed by atoms with E-state index in [1.54, 1.807) is 32.2 Å². The van der Waals surface area contributed by atoms with Gasteiger partial charge in [-0.25, -0.2) is 16.8 Å². The lowest BCUT2D eigenvalue weighted by Crippen LogP contribution is -2.47. The van der Waals surface area contributed by atoms with Crippen molar-refractivity contribution in [3.63, 3.8) is 0 Å². The highest BCUT2D eigenvalue weighted by molar-refractivity contribution is 7.91. The molecule has 1 saturated heterocycles. The lowest BCUT2D eigenvalue weighted by molar-refractivity contribution is -0.126. The topological polar surface area (TPSA) is 105 Å². The number of likely N-dealkylation sites (N-methyl/N-ethyl adjacent to an activating group) is 1. The molecule has 2 heterocycles. The van der Waals surface area contributed by atoms with Crippen molar-refractivity contribution in [3.8, 4) is 11.1 Å². The third-order valence-electron chi connectivity index (χ3n) is 8.45. The molecule has 230 valence electrons. The fourth-order valence-corrected chi connectivity index (χ4v) is 6.44. The number of hydrogen-bond acceptors (Lipinski definition) is 7. The van der Waals surface area contributed by atoms with E-state index in [0.29, 0.717) is 29.8 Å². The zero-order valence-electron chi connectivity index (χ0n) is 25.6. The van der Waals surface area contributed by atoms with E-state index in [1.807, 2.05) is 66.6 Å². The Bertz CT molecular complexity index is 1980. The van der Waals surface area contributed by atoms with Crippen molar-refractivity contribution in [2.24, 2.45) is 0 Å². The first-order valence-electron chi connectivity index (χ1n) is 14.3. The molecule has 1 amide bonds. The van der Waals surface area contributed by atoms with Gasteiger partial charge in [-0.3, -0.25) is 9.78 Å². The molecule has 0 radical (unpaired) electrons. The Labute approximate surface area is 259 Å². The van der Waals surface area contributed by atoms with Gasteiger partial charge in [0.2, 0.25) is 0 Å². The molecule has 44 heavy (non-hydrogen) atoms. The Kier molecular flexibility index (Phi) is 8.54. The molecule has 1 fully saturated rings. The van der Waals surface area contributed by atoms with E-state index in [4.69, 9.17) is 0 Å². The molecule has 3 aromatic carbocycles. The Morgan fingerprint density at radius 2 is 1.55 bits per heavy atom. The maximum atomic E-state index is 13.9. The number of amides is 1. The average molecular weight is 632 g/mol. The number of benzene rings is 3. The van der Waals surface area contributed by atoms with Crippen molar-refractivity contribution in [2.45, 2.75) is 23.5 Å². The van der Waals surface area contributed by atoms with E-state index in [2.05, 4.69) is 9.88 Å². The van der Waals surface area contributed by atoms with Crippen LogP contribution in [-0.4, -0.2) is 83.3 Å². The summed E-state index contributed by atoms with van der Waals surface area (Å²) in [5.41, 5.74) is 4.86. The van der Waals surface area contributed by atoms with Crippen molar-refractivity contribution in [1.82, 2.24) is 14.8 Å². The third kappa shape index (κ3) is 6.47. The molecule has 1 aliphatic heterocycles. The second kappa shape index (κ2) is 11.9. The molecule has 4 aromatic rings. The average Bonchev–Trinajstić information content (AvgIpc) is 2.98. The molecule has 0 atom stereocenters. The van der Waals surface area contributed by atoms with Crippen molar-refractivity contribution >= 4 is 48.1 Å². The minimum absolute atomic E-state index is 0.125. The molecule has 0 saturated carbocycles. The minimum Gasteiger partial charge on any atom is -0.336 e. The SMILES string of the molecule is CN1CCN(C(=O)/C(=C/c2cccc(-c3cc(C(C)(C)S(C)(=O)=O)cc4cccnc34)c2)c2ccc(S(C)(=O)=O)cc2)CC1. The second-order valence-electron chi connectivity index (χ2n) is 12.0. The van der Waals surface area contributed by atoms with Gasteiger partial charge in [-0.05, 0) is 85.6 Å². The number of carbonyl (C=O) groups excluding carboxylic acids is 1. The van der Waals surface area contributed by atoms with E-state index in [1.165, 1.54) is 18.4 Å². The molecule has 10 heteroatoms. The lowest BCUT2D eigenvalue weighted by Gasteiger charge is -2.33. The normalized spacial score (nSPS) is 15.5. The quantitative estimate of drug-likeness (QED) is 0.211. The van der Waals surface area contributed by atoms with Crippen LogP contribution in [0.2, 0.25) is 0 Å². The zero-order chi connectivity index (χ0) is 31.9. The molecule has 5 rings (SSSR count). The maximum Gasteiger partial charge on any atom is 0.254 e. The summed E-state index contributed by atoms with van der Waals surface area (Å²) in [6.07, 6.45) is 5.95. The standard InChI is InChI=1S/C34H37N3O5S2/c1-34(2,44(5,41)42)28-22-27-10-7-15-35-32(27)30(23-28)26-9-6-8-24(20-26)21-31(33(38)37-18-16-36(3)17-19-37)25-11-13-29(14-12-25)43(4,39)40/h6-15,20-23H,16-19H2,1-5H3/b31-21+. The number of piperazine rings is 1. The fourth-order valence-electron chi connectivity index (χ4n) is 5.27. The van der Waals surface area contributed by atoms with Crippen LogP contribution in [0.5, 0.6) is 0 Å². The van der Waals surface area contributed by atoms with Crippen molar-refractivity contribution in [2.75, 3.05) is 45.7 Å². The number of hydrogen-bond donors (Lipinski definition) is 0. The highest BCUT2D eigenvalue weighted by atomic mass is 32.2. The van der Waals surface area contributed by atoms with Gasteiger partial charge < -0.3 is 9.80 Å². The third-order valence-corrected chi connectivity index (χ3v) is 11.7. The number of carbonyl (C=O) groups is 1. The summed E-state index contributed by atoms with van der Waals surface area (Å²) in [4.78, 5) is 22.7. The minimum atomic E-state index is -3.43. The van der Waals surface area contributed by atoms with Crippen molar-refractivity contribution in [3.05, 3.63) is 95.7 Å². The van der Waals surface area contributed by atoms with Crippen LogP contribution in [-0.2, 0) is 29.2 Å². The molecule has 8 nitrogen and oxygen atoms in total. The smallest absolute Gasteiger partial charge is 0.254 e.